The van der Waals surface area contributed by atoms with Crippen molar-refractivity contribution in [3.8, 4) is 0 Å². The summed E-state index contributed by atoms with van der Waals surface area (Å²) in [4.78, 5) is 61.8. The van der Waals surface area contributed by atoms with Gasteiger partial charge in [0.1, 0.15) is 18.1 Å². The number of amides is 3. The van der Waals surface area contributed by atoms with E-state index in [0.717, 1.165) is 16.5 Å². The number of aromatic nitrogens is 3. The predicted molar refractivity (Wildman–Crippen MR) is 158 cm³/mol. The summed E-state index contributed by atoms with van der Waals surface area (Å²) in [5.74, 6) is -3.24. The van der Waals surface area contributed by atoms with E-state index < -0.39 is 47.9 Å². The van der Waals surface area contributed by atoms with Gasteiger partial charge in [0.25, 0.3) is 0 Å². The van der Waals surface area contributed by atoms with E-state index in [-0.39, 0.29) is 25.2 Å². The van der Waals surface area contributed by atoms with Gasteiger partial charge in [0, 0.05) is 35.4 Å². The Morgan fingerprint density at radius 2 is 1.69 bits per heavy atom. The maximum Gasteiger partial charge on any atom is 0.326 e. The van der Waals surface area contributed by atoms with Gasteiger partial charge < -0.3 is 42.5 Å². The third kappa shape index (κ3) is 8.88. The number of benzene rings is 1. The van der Waals surface area contributed by atoms with Gasteiger partial charge in [0.2, 0.25) is 17.7 Å². The highest BCUT2D eigenvalue weighted by Crippen LogP contribution is 2.19. The largest absolute Gasteiger partial charge is 0.480 e. The topological polar surface area (TPSA) is 221 Å². The number of carboxylic acids is 1. The van der Waals surface area contributed by atoms with Crippen LogP contribution in [0.1, 0.15) is 50.8 Å². The molecule has 2 heterocycles. The molecule has 0 spiro atoms. The molecule has 228 valence electrons. The van der Waals surface area contributed by atoms with Crippen molar-refractivity contribution in [3.05, 3.63) is 54.2 Å². The fourth-order valence-electron chi connectivity index (χ4n) is 4.71. The Hall–Kier alpha value is -4.23. The number of carbonyl (C=O) groups is 4. The zero-order chi connectivity index (χ0) is 30.6. The van der Waals surface area contributed by atoms with E-state index in [2.05, 4.69) is 30.9 Å². The Labute approximate surface area is 244 Å². The number of imidazole rings is 1. The molecule has 5 unspecified atom stereocenters. The Morgan fingerprint density at radius 1 is 0.976 bits per heavy atom. The standard InChI is InChI=1S/C29H42N8O5/c1-3-17(2)25(29(41)42)37-27(39)23(10-6-7-11-30)35-28(40)24(13-19-15-32-16-34-19)36-26(38)21(31)12-18-14-33-22-9-5-4-8-20(18)22/h4-5,8-9,14-17,21,23-25,33H,3,6-7,10-13,30-31H2,1-2H3,(H,32,34)(H,35,40)(H,36,38)(H,37,39)(H,41,42). The van der Waals surface area contributed by atoms with Crippen molar-refractivity contribution in [1.82, 2.24) is 30.9 Å². The molecule has 13 nitrogen and oxygen atoms in total. The second-order valence-corrected chi connectivity index (χ2v) is 10.6. The van der Waals surface area contributed by atoms with Crippen molar-refractivity contribution in [2.45, 2.75) is 76.5 Å². The second kappa shape index (κ2) is 15.7. The third-order valence-corrected chi connectivity index (χ3v) is 7.42. The van der Waals surface area contributed by atoms with Crippen LogP contribution in [0.25, 0.3) is 10.9 Å². The molecule has 13 heteroatoms. The van der Waals surface area contributed by atoms with Crippen LogP contribution < -0.4 is 27.4 Å². The van der Waals surface area contributed by atoms with Crippen LogP contribution in [0.4, 0.5) is 0 Å². The number of hydrogen-bond acceptors (Lipinski definition) is 7. The Balaban J connectivity index is 1.75. The van der Waals surface area contributed by atoms with E-state index in [1.54, 1.807) is 13.1 Å². The predicted octanol–water partition coefficient (Wildman–Crippen LogP) is 0.718. The number of H-pyrrole nitrogens is 2. The molecule has 0 aliphatic rings. The van der Waals surface area contributed by atoms with Gasteiger partial charge >= 0.3 is 5.97 Å². The molecule has 3 amide bonds. The van der Waals surface area contributed by atoms with E-state index in [4.69, 9.17) is 11.5 Å². The molecule has 42 heavy (non-hydrogen) atoms. The molecule has 0 radical (unpaired) electrons. The fraction of sp³-hybridized carbons (Fsp3) is 0.483. The summed E-state index contributed by atoms with van der Waals surface area (Å²) in [5, 5.41) is 18.6. The quantitative estimate of drug-likeness (QED) is 0.106. The molecular formula is C29H42N8O5. The highest BCUT2D eigenvalue weighted by atomic mass is 16.4. The van der Waals surface area contributed by atoms with Gasteiger partial charge in [-0.05, 0) is 49.8 Å². The molecular weight excluding hydrogens is 540 g/mol. The van der Waals surface area contributed by atoms with E-state index in [1.807, 2.05) is 31.2 Å². The van der Waals surface area contributed by atoms with Crippen molar-refractivity contribution in [1.29, 1.82) is 0 Å². The number of hydrogen-bond donors (Lipinski definition) is 8. The molecule has 2 aromatic heterocycles. The summed E-state index contributed by atoms with van der Waals surface area (Å²) in [7, 11) is 0. The molecule has 0 saturated carbocycles. The lowest BCUT2D eigenvalue weighted by Crippen LogP contribution is -2.58. The number of fused-ring (bicyclic) bond motifs is 1. The van der Waals surface area contributed by atoms with E-state index >= 15 is 0 Å². The summed E-state index contributed by atoms with van der Waals surface area (Å²) in [6.45, 7) is 3.97. The summed E-state index contributed by atoms with van der Waals surface area (Å²) in [5.41, 5.74) is 14.3. The SMILES string of the molecule is CCC(C)C(NC(=O)C(CCCCN)NC(=O)C(Cc1cnc[nH]1)NC(=O)C(N)Cc1c[nH]c2ccccc12)C(=O)O. The van der Waals surface area contributed by atoms with Crippen LogP contribution >= 0.6 is 0 Å². The van der Waals surface area contributed by atoms with Crippen molar-refractivity contribution >= 4 is 34.6 Å². The first-order valence-corrected chi connectivity index (χ1v) is 14.3. The Bertz CT molecular complexity index is 1320. The monoisotopic (exact) mass is 582 g/mol. The first-order chi connectivity index (χ1) is 20.1. The number of rotatable bonds is 17. The first-order valence-electron chi connectivity index (χ1n) is 14.3. The average Bonchev–Trinajstić information content (AvgIpc) is 3.64. The van der Waals surface area contributed by atoms with Crippen molar-refractivity contribution in [3.63, 3.8) is 0 Å². The van der Waals surface area contributed by atoms with Gasteiger partial charge in [-0.3, -0.25) is 14.4 Å². The van der Waals surface area contributed by atoms with Gasteiger partial charge in [-0.2, -0.15) is 0 Å². The maximum atomic E-state index is 13.5. The third-order valence-electron chi connectivity index (χ3n) is 7.42. The minimum Gasteiger partial charge on any atom is -0.480 e. The molecule has 0 bridgehead atoms. The summed E-state index contributed by atoms with van der Waals surface area (Å²) in [6, 6.07) is 3.50. The summed E-state index contributed by atoms with van der Waals surface area (Å²) in [6.07, 6.45) is 7.04. The van der Waals surface area contributed by atoms with E-state index in [1.165, 1.54) is 12.5 Å². The number of nitrogens with two attached hydrogens (primary N) is 2. The fourth-order valence-corrected chi connectivity index (χ4v) is 4.71. The Morgan fingerprint density at radius 3 is 2.36 bits per heavy atom. The van der Waals surface area contributed by atoms with Gasteiger partial charge in [0.15, 0.2) is 0 Å². The van der Waals surface area contributed by atoms with Crippen LogP contribution in [0.3, 0.4) is 0 Å². The maximum absolute atomic E-state index is 13.5. The van der Waals surface area contributed by atoms with Gasteiger partial charge in [-0.25, -0.2) is 9.78 Å². The number of para-hydroxylation sites is 1. The highest BCUT2D eigenvalue weighted by Gasteiger charge is 2.32. The molecule has 3 aromatic rings. The van der Waals surface area contributed by atoms with Gasteiger partial charge in [-0.15, -0.1) is 0 Å². The summed E-state index contributed by atoms with van der Waals surface area (Å²) < 4.78 is 0. The van der Waals surface area contributed by atoms with Crippen molar-refractivity contribution in [2.75, 3.05) is 6.54 Å². The van der Waals surface area contributed by atoms with Gasteiger partial charge in [0.05, 0.1) is 12.4 Å². The minimum absolute atomic E-state index is 0.0686. The van der Waals surface area contributed by atoms with E-state index in [9.17, 15) is 24.3 Å². The molecule has 1 aromatic carbocycles. The molecule has 3 rings (SSSR count). The molecule has 0 fully saturated rings. The van der Waals surface area contributed by atoms with Crippen LogP contribution in [0.2, 0.25) is 0 Å². The van der Waals surface area contributed by atoms with Crippen molar-refractivity contribution < 1.29 is 24.3 Å². The van der Waals surface area contributed by atoms with Crippen LogP contribution in [-0.4, -0.2) is 74.5 Å². The van der Waals surface area contributed by atoms with Crippen molar-refractivity contribution in [2.24, 2.45) is 17.4 Å². The first kappa shape index (κ1) is 32.3. The summed E-state index contributed by atoms with van der Waals surface area (Å²) >= 11 is 0. The average molecular weight is 583 g/mol. The van der Waals surface area contributed by atoms with E-state index in [0.29, 0.717) is 31.5 Å². The van der Waals surface area contributed by atoms with Gasteiger partial charge in [-0.1, -0.05) is 38.5 Å². The number of unbranched alkanes of at least 4 members (excludes halogenated alkanes) is 1. The molecule has 10 N–H and O–H groups in total. The number of carbonyl (C=O) groups excluding carboxylic acids is 3. The molecule has 0 aliphatic heterocycles. The number of aliphatic carboxylic acids is 1. The minimum atomic E-state index is -1.15. The smallest absolute Gasteiger partial charge is 0.326 e. The van der Waals surface area contributed by atoms with Crippen LogP contribution in [-0.2, 0) is 32.0 Å². The Kier molecular flexibility index (Phi) is 12.1. The van der Waals surface area contributed by atoms with Crippen LogP contribution in [0, 0.1) is 5.92 Å². The number of nitrogens with zero attached hydrogens (tertiary/aromatic N) is 1. The van der Waals surface area contributed by atoms with Crippen LogP contribution in [0.15, 0.2) is 43.0 Å². The second-order valence-electron chi connectivity index (χ2n) is 10.6. The number of aromatic amines is 2. The lowest BCUT2D eigenvalue weighted by Gasteiger charge is -2.26. The molecule has 0 saturated heterocycles. The van der Waals surface area contributed by atoms with Crippen LogP contribution in [0.5, 0.6) is 0 Å². The number of carboxylic acid groups (broad SMARTS) is 1. The molecule has 5 atom stereocenters. The number of nitrogens with one attached hydrogen (secondary N) is 5. The zero-order valence-corrected chi connectivity index (χ0v) is 24.1. The molecule has 0 aliphatic carbocycles. The lowest BCUT2D eigenvalue weighted by molar-refractivity contribution is -0.144. The highest BCUT2D eigenvalue weighted by molar-refractivity contribution is 5.94. The normalized spacial score (nSPS) is 14.9. The zero-order valence-electron chi connectivity index (χ0n) is 24.1. The lowest BCUT2D eigenvalue weighted by atomic mass is 9.98.